The van der Waals surface area contributed by atoms with E-state index < -0.39 is 0 Å². The Bertz CT molecular complexity index is 732. The van der Waals surface area contributed by atoms with Crippen molar-refractivity contribution >= 4 is 0 Å². The van der Waals surface area contributed by atoms with Crippen LogP contribution in [0.4, 0.5) is 0 Å². The molecule has 23 heavy (non-hydrogen) atoms. The molecule has 6 rings (SSSR count). The first-order valence-corrected chi connectivity index (χ1v) is 8.60. The lowest BCUT2D eigenvalue weighted by Gasteiger charge is -2.27. The first-order chi connectivity index (χ1) is 11.0. The van der Waals surface area contributed by atoms with Gasteiger partial charge in [-0.3, -0.25) is 0 Å². The van der Waals surface area contributed by atoms with Crippen molar-refractivity contribution in [1.82, 2.24) is 0 Å². The molecule has 1 atom stereocenters. The lowest BCUT2D eigenvalue weighted by Crippen LogP contribution is -2.19. The van der Waals surface area contributed by atoms with Gasteiger partial charge in [0.05, 0.1) is 11.5 Å². The Labute approximate surface area is 140 Å². The van der Waals surface area contributed by atoms with Crippen molar-refractivity contribution in [3.8, 4) is 6.07 Å². The topological polar surface area (TPSA) is 23.8 Å². The van der Waals surface area contributed by atoms with Crippen molar-refractivity contribution in [2.24, 2.45) is 5.41 Å². The molecular weight excluding hydrogens is 278 g/mol. The molecule has 118 valence electrons. The molecule has 4 aliphatic carbocycles. The third-order valence-electron chi connectivity index (χ3n) is 5.46. The summed E-state index contributed by atoms with van der Waals surface area (Å²) in [6, 6.07) is 18.5. The van der Waals surface area contributed by atoms with Crippen LogP contribution in [0.5, 0.6) is 0 Å². The van der Waals surface area contributed by atoms with E-state index in [-0.39, 0.29) is 11.3 Å². The van der Waals surface area contributed by atoms with Gasteiger partial charge in [-0.25, -0.2) is 0 Å². The maximum atomic E-state index is 9.52. The van der Waals surface area contributed by atoms with Gasteiger partial charge in [0.2, 0.25) is 0 Å². The Hall–Kier alpha value is -2.07. The van der Waals surface area contributed by atoms with E-state index in [1.54, 1.807) is 0 Å². The number of aryl methyl sites for hydroxylation is 4. The minimum absolute atomic E-state index is 0.242. The van der Waals surface area contributed by atoms with E-state index in [1.165, 1.54) is 27.8 Å². The van der Waals surface area contributed by atoms with Gasteiger partial charge in [-0.15, -0.1) is 0 Å². The van der Waals surface area contributed by atoms with Crippen LogP contribution in [0.2, 0.25) is 0 Å². The summed E-state index contributed by atoms with van der Waals surface area (Å²) in [6.45, 7) is 6.30. The molecule has 1 heteroatoms. The molecule has 1 unspecified atom stereocenters. The Morgan fingerprint density at radius 3 is 2.00 bits per heavy atom. The van der Waals surface area contributed by atoms with Gasteiger partial charge in [-0.1, -0.05) is 49.4 Å². The molecular formula is C22H25N. The smallest absolute Gasteiger partial charge is 0.0690 e. The maximum absolute atomic E-state index is 9.52. The summed E-state index contributed by atoms with van der Waals surface area (Å²) >= 11 is 0. The fourth-order valence-corrected chi connectivity index (χ4v) is 3.36. The van der Waals surface area contributed by atoms with E-state index in [0.29, 0.717) is 0 Å². The van der Waals surface area contributed by atoms with Crippen molar-refractivity contribution in [2.45, 2.75) is 52.4 Å². The van der Waals surface area contributed by atoms with Crippen molar-refractivity contribution in [3.05, 3.63) is 70.3 Å². The average Bonchev–Trinajstić information content (AvgIpc) is 2.56. The second-order valence-electron chi connectivity index (χ2n) is 7.40. The molecule has 0 fully saturated rings. The van der Waals surface area contributed by atoms with Crippen LogP contribution in [-0.4, -0.2) is 0 Å². The molecule has 0 saturated heterocycles. The van der Waals surface area contributed by atoms with Crippen molar-refractivity contribution < 1.29 is 0 Å². The second kappa shape index (κ2) is 6.20. The fourth-order valence-electron chi connectivity index (χ4n) is 3.36. The summed E-state index contributed by atoms with van der Waals surface area (Å²) in [6.07, 6.45) is 4.24. The van der Waals surface area contributed by atoms with E-state index in [9.17, 15) is 5.26 Å². The highest BCUT2D eigenvalue weighted by molar-refractivity contribution is 5.38. The van der Waals surface area contributed by atoms with E-state index in [2.05, 4.69) is 69.3 Å². The Morgan fingerprint density at radius 1 is 0.870 bits per heavy atom. The van der Waals surface area contributed by atoms with Crippen LogP contribution in [0.15, 0.2) is 42.5 Å². The van der Waals surface area contributed by atoms with Gasteiger partial charge in [0.25, 0.3) is 0 Å². The van der Waals surface area contributed by atoms with Gasteiger partial charge >= 0.3 is 0 Å². The summed E-state index contributed by atoms with van der Waals surface area (Å²) in [4.78, 5) is 0. The van der Waals surface area contributed by atoms with Gasteiger partial charge < -0.3 is 0 Å². The molecule has 0 radical (unpaired) electrons. The molecule has 0 aromatic heterocycles. The summed E-state index contributed by atoms with van der Waals surface area (Å²) in [5, 5.41) is 9.52. The van der Waals surface area contributed by atoms with Crippen LogP contribution in [0, 0.1) is 16.7 Å². The average molecular weight is 303 g/mol. The predicted octanol–water partition coefficient (Wildman–Crippen LogP) is 5.22. The highest BCUT2D eigenvalue weighted by atomic mass is 14.4. The predicted molar refractivity (Wildman–Crippen MR) is 95.5 cm³/mol. The molecule has 0 spiro atoms. The minimum atomic E-state index is -0.342. The molecule has 4 aliphatic rings. The first-order valence-electron chi connectivity index (χ1n) is 8.60. The molecule has 1 nitrogen and oxygen atoms in total. The van der Waals surface area contributed by atoms with Gasteiger partial charge in [0.15, 0.2) is 0 Å². The van der Waals surface area contributed by atoms with Crippen molar-refractivity contribution in [1.29, 1.82) is 5.26 Å². The molecule has 2 aromatic carbocycles. The van der Waals surface area contributed by atoms with Gasteiger partial charge in [0.1, 0.15) is 0 Å². The Morgan fingerprint density at radius 2 is 1.39 bits per heavy atom. The number of nitrogens with zero attached hydrogens (tertiary/aromatic N) is 1. The Kier molecular flexibility index (Phi) is 4.26. The maximum Gasteiger partial charge on any atom is 0.0690 e. The van der Waals surface area contributed by atoms with Gasteiger partial charge in [-0.2, -0.15) is 5.26 Å². The lowest BCUT2D eigenvalue weighted by atomic mass is 9.74. The van der Waals surface area contributed by atoms with Crippen LogP contribution in [0.1, 0.15) is 54.5 Å². The third-order valence-corrected chi connectivity index (χ3v) is 5.46. The zero-order chi connectivity index (χ0) is 16.4. The SMILES string of the molecule is CC(c1cc2ccc1CCc1ccc(cc1)CC2)C(C)(C)C#N. The van der Waals surface area contributed by atoms with E-state index >= 15 is 0 Å². The molecule has 0 aliphatic heterocycles. The largest absolute Gasteiger partial charge is 0.198 e. The van der Waals surface area contributed by atoms with Crippen molar-refractivity contribution in [3.63, 3.8) is 0 Å². The monoisotopic (exact) mass is 303 g/mol. The Balaban J connectivity index is 2.02. The molecule has 0 saturated carbocycles. The molecule has 4 bridgehead atoms. The fraction of sp³-hybridized carbons (Fsp3) is 0.409. The van der Waals surface area contributed by atoms with E-state index in [4.69, 9.17) is 0 Å². The van der Waals surface area contributed by atoms with E-state index in [1.807, 2.05) is 0 Å². The lowest BCUT2D eigenvalue weighted by molar-refractivity contribution is 0.406. The van der Waals surface area contributed by atoms with Gasteiger partial charge in [0, 0.05) is 0 Å². The van der Waals surface area contributed by atoms with Crippen LogP contribution in [0.25, 0.3) is 0 Å². The first kappa shape index (κ1) is 15.8. The third kappa shape index (κ3) is 3.32. The van der Waals surface area contributed by atoms with E-state index in [0.717, 1.165) is 25.7 Å². The highest BCUT2D eigenvalue weighted by Crippen LogP contribution is 2.37. The normalized spacial score (nSPS) is 15.6. The standard InChI is InChI=1S/C22H25N/c1-16(22(2,3)15-23)21-14-19-9-8-17-4-6-18(7-5-17)10-12-20(21)13-11-19/h4-7,11,13-14,16H,8-10,12H2,1-3H3. The number of nitriles is 1. The summed E-state index contributed by atoms with van der Waals surface area (Å²) in [5.41, 5.74) is 6.61. The quantitative estimate of drug-likeness (QED) is 0.746. The van der Waals surface area contributed by atoms with Crippen LogP contribution in [0.3, 0.4) is 0 Å². The van der Waals surface area contributed by atoms with Crippen LogP contribution >= 0.6 is 0 Å². The zero-order valence-electron chi connectivity index (χ0n) is 14.4. The van der Waals surface area contributed by atoms with Crippen LogP contribution < -0.4 is 0 Å². The summed E-state index contributed by atoms with van der Waals surface area (Å²) < 4.78 is 0. The molecule has 0 N–H and O–H groups in total. The number of benzene rings is 2. The van der Waals surface area contributed by atoms with Crippen LogP contribution in [-0.2, 0) is 25.7 Å². The van der Waals surface area contributed by atoms with Crippen molar-refractivity contribution in [2.75, 3.05) is 0 Å². The summed E-state index contributed by atoms with van der Waals surface area (Å²) in [5.74, 6) is 0.242. The number of rotatable bonds is 2. The van der Waals surface area contributed by atoms with Gasteiger partial charge in [-0.05, 0) is 73.3 Å². The number of hydrogen-bond acceptors (Lipinski definition) is 1. The summed E-state index contributed by atoms with van der Waals surface area (Å²) in [7, 11) is 0. The molecule has 0 heterocycles. The zero-order valence-corrected chi connectivity index (χ0v) is 14.4. The second-order valence-corrected chi connectivity index (χ2v) is 7.40. The minimum Gasteiger partial charge on any atom is -0.198 e. The highest BCUT2D eigenvalue weighted by Gasteiger charge is 2.28. The number of hydrogen-bond donors (Lipinski definition) is 0. The molecule has 0 amide bonds. The molecule has 2 aromatic rings.